The van der Waals surface area contributed by atoms with Crippen LogP contribution in [0.3, 0.4) is 0 Å². The zero-order valence-electron chi connectivity index (χ0n) is 12.0. The molecule has 0 spiro atoms. The third kappa shape index (κ3) is 3.78. The highest BCUT2D eigenvalue weighted by Crippen LogP contribution is 2.33. The molecule has 0 unspecified atom stereocenters. The van der Waals surface area contributed by atoms with E-state index in [1.54, 1.807) is 6.07 Å². The Hall–Kier alpha value is -1.95. The third-order valence-corrected chi connectivity index (χ3v) is 3.34. The Labute approximate surface area is 131 Å². The SMILES string of the molecule is CC(C)(C)c1cccc(Oc2ncc(Br)cc2[N+](=O)[O-])c1. The number of pyridine rings is 1. The van der Waals surface area contributed by atoms with Gasteiger partial charge in [-0.3, -0.25) is 10.1 Å². The lowest BCUT2D eigenvalue weighted by molar-refractivity contribution is -0.386. The zero-order chi connectivity index (χ0) is 15.6. The minimum Gasteiger partial charge on any atom is -0.434 e. The monoisotopic (exact) mass is 350 g/mol. The summed E-state index contributed by atoms with van der Waals surface area (Å²) < 4.78 is 6.12. The van der Waals surface area contributed by atoms with E-state index in [1.807, 2.05) is 18.2 Å². The predicted octanol–water partition coefficient (Wildman–Crippen LogP) is 4.84. The molecule has 1 aromatic heterocycles. The lowest BCUT2D eigenvalue weighted by atomic mass is 9.87. The summed E-state index contributed by atoms with van der Waals surface area (Å²) in [6.07, 6.45) is 1.47. The molecule has 5 nitrogen and oxygen atoms in total. The second-order valence-corrected chi connectivity index (χ2v) is 6.53. The Morgan fingerprint density at radius 1 is 1.29 bits per heavy atom. The molecule has 0 aliphatic rings. The highest BCUT2D eigenvalue weighted by atomic mass is 79.9. The fourth-order valence-corrected chi connectivity index (χ4v) is 2.08. The molecule has 110 valence electrons. The summed E-state index contributed by atoms with van der Waals surface area (Å²) in [7, 11) is 0. The minimum atomic E-state index is -0.513. The second kappa shape index (κ2) is 5.81. The molecule has 0 amide bonds. The summed E-state index contributed by atoms with van der Waals surface area (Å²) >= 11 is 3.17. The molecule has 0 fully saturated rings. The second-order valence-electron chi connectivity index (χ2n) is 5.61. The molecule has 0 atom stereocenters. The molecule has 1 heterocycles. The van der Waals surface area contributed by atoms with Gasteiger partial charge in [0.2, 0.25) is 0 Å². The van der Waals surface area contributed by atoms with E-state index in [0.29, 0.717) is 10.2 Å². The normalized spacial score (nSPS) is 11.2. The van der Waals surface area contributed by atoms with Crippen molar-refractivity contribution in [2.24, 2.45) is 0 Å². The molecule has 0 saturated heterocycles. The van der Waals surface area contributed by atoms with Crippen LogP contribution in [0.1, 0.15) is 26.3 Å². The standard InChI is InChI=1S/C15H15BrN2O3/c1-15(2,3)10-5-4-6-12(7-10)21-14-13(18(19)20)8-11(16)9-17-14/h4-9H,1-3H3. The van der Waals surface area contributed by atoms with Crippen LogP contribution in [0, 0.1) is 10.1 Å². The van der Waals surface area contributed by atoms with Gasteiger partial charge in [-0.2, -0.15) is 0 Å². The first kappa shape index (κ1) is 15.4. The summed E-state index contributed by atoms with van der Waals surface area (Å²) in [5.74, 6) is 0.509. The van der Waals surface area contributed by atoms with Gasteiger partial charge < -0.3 is 4.74 Å². The van der Waals surface area contributed by atoms with Gasteiger partial charge in [-0.15, -0.1) is 0 Å². The van der Waals surface area contributed by atoms with Crippen LogP contribution in [0.5, 0.6) is 11.6 Å². The average Bonchev–Trinajstić information content (AvgIpc) is 2.40. The van der Waals surface area contributed by atoms with E-state index in [2.05, 4.69) is 41.7 Å². The number of nitrogens with zero attached hydrogens (tertiary/aromatic N) is 2. The van der Waals surface area contributed by atoms with Gasteiger partial charge in [0, 0.05) is 16.7 Å². The maximum atomic E-state index is 11.1. The Bertz CT molecular complexity index is 681. The number of halogens is 1. The predicted molar refractivity (Wildman–Crippen MR) is 83.8 cm³/mol. The Morgan fingerprint density at radius 3 is 2.62 bits per heavy atom. The van der Waals surface area contributed by atoms with E-state index in [0.717, 1.165) is 5.56 Å². The molecule has 2 rings (SSSR count). The van der Waals surface area contributed by atoms with Crippen LogP contribution in [0.4, 0.5) is 5.69 Å². The molecular formula is C15H15BrN2O3. The number of benzene rings is 1. The first-order valence-electron chi connectivity index (χ1n) is 6.36. The molecule has 0 N–H and O–H groups in total. The van der Waals surface area contributed by atoms with E-state index in [9.17, 15) is 10.1 Å². The highest BCUT2D eigenvalue weighted by molar-refractivity contribution is 9.10. The molecule has 0 aliphatic heterocycles. The van der Waals surface area contributed by atoms with Gasteiger partial charge in [-0.05, 0) is 39.0 Å². The quantitative estimate of drug-likeness (QED) is 0.586. The summed E-state index contributed by atoms with van der Waals surface area (Å²) in [6, 6.07) is 8.85. The lowest BCUT2D eigenvalue weighted by Crippen LogP contribution is -2.10. The van der Waals surface area contributed by atoms with Crippen LogP contribution in [-0.2, 0) is 5.41 Å². The largest absolute Gasteiger partial charge is 0.434 e. The summed E-state index contributed by atoms with van der Waals surface area (Å²) in [5, 5.41) is 11.1. The van der Waals surface area contributed by atoms with E-state index in [4.69, 9.17) is 4.74 Å². The van der Waals surface area contributed by atoms with Crippen LogP contribution in [0.25, 0.3) is 0 Å². The maximum absolute atomic E-state index is 11.1. The van der Waals surface area contributed by atoms with E-state index < -0.39 is 4.92 Å². The first-order chi connectivity index (χ1) is 9.77. The van der Waals surface area contributed by atoms with Gasteiger partial charge in [-0.1, -0.05) is 32.9 Å². The van der Waals surface area contributed by atoms with E-state index >= 15 is 0 Å². The van der Waals surface area contributed by atoms with Crippen molar-refractivity contribution >= 4 is 21.6 Å². The minimum absolute atomic E-state index is 0.0192. The molecule has 0 aliphatic carbocycles. The van der Waals surface area contributed by atoms with Gasteiger partial charge in [-0.25, -0.2) is 4.98 Å². The van der Waals surface area contributed by atoms with Crippen molar-refractivity contribution in [3.63, 3.8) is 0 Å². The van der Waals surface area contributed by atoms with Crippen LogP contribution in [-0.4, -0.2) is 9.91 Å². The Morgan fingerprint density at radius 2 is 2.00 bits per heavy atom. The maximum Gasteiger partial charge on any atom is 0.332 e. The van der Waals surface area contributed by atoms with Crippen molar-refractivity contribution in [3.05, 3.63) is 56.7 Å². The van der Waals surface area contributed by atoms with Gasteiger partial charge in [0.25, 0.3) is 5.88 Å². The summed E-state index contributed by atoms with van der Waals surface area (Å²) in [5.41, 5.74) is 0.878. The molecule has 6 heteroatoms. The molecule has 0 radical (unpaired) electrons. The van der Waals surface area contributed by atoms with Crippen molar-refractivity contribution in [2.45, 2.75) is 26.2 Å². The number of ether oxygens (including phenoxy) is 1. The smallest absolute Gasteiger partial charge is 0.332 e. The van der Waals surface area contributed by atoms with Crippen LogP contribution < -0.4 is 4.74 Å². The number of hydrogen-bond donors (Lipinski definition) is 0. The van der Waals surface area contributed by atoms with Crippen LogP contribution in [0.15, 0.2) is 41.0 Å². The number of hydrogen-bond acceptors (Lipinski definition) is 4. The molecule has 0 saturated carbocycles. The van der Waals surface area contributed by atoms with Crippen LogP contribution >= 0.6 is 15.9 Å². The molecule has 21 heavy (non-hydrogen) atoms. The number of rotatable bonds is 3. The van der Waals surface area contributed by atoms with Crippen molar-refractivity contribution in [3.8, 4) is 11.6 Å². The number of aromatic nitrogens is 1. The van der Waals surface area contributed by atoms with Crippen molar-refractivity contribution < 1.29 is 9.66 Å². The lowest BCUT2D eigenvalue weighted by Gasteiger charge is -2.19. The van der Waals surface area contributed by atoms with Gasteiger partial charge in [0.1, 0.15) is 5.75 Å². The van der Waals surface area contributed by atoms with Crippen molar-refractivity contribution in [1.29, 1.82) is 0 Å². The fourth-order valence-electron chi connectivity index (χ4n) is 1.76. The zero-order valence-corrected chi connectivity index (χ0v) is 13.5. The van der Waals surface area contributed by atoms with Gasteiger partial charge >= 0.3 is 5.69 Å². The average molecular weight is 351 g/mol. The van der Waals surface area contributed by atoms with Crippen LogP contribution in [0.2, 0.25) is 0 Å². The van der Waals surface area contributed by atoms with Crippen molar-refractivity contribution in [2.75, 3.05) is 0 Å². The highest BCUT2D eigenvalue weighted by Gasteiger charge is 2.19. The van der Waals surface area contributed by atoms with Gasteiger partial charge in [0.15, 0.2) is 0 Å². The molecule has 0 bridgehead atoms. The number of nitro groups is 1. The third-order valence-electron chi connectivity index (χ3n) is 2.91. The topological polar surface area (TPSA) is 65.3 Å². The van der Waals surface area contributed by atoms with E-state index in [1.165, 1.54) is 12.3 Å². The fraction of sp³-hybridized carbons (Fsp3) is 0.267. The van der Waals surface area contributed by atoms with E-state index in [-0.39, 0.29) is 17.0 Å². The van der Waals surface area contributed by atoms with Crippen molar-refractivity contribution in [1.82, 2.24) is 4.98 Å². The Balaban J connectivity index is 2.37. The van der Waals surface area contributed by atoms with Gasteiger partial charge in [0.05, 0.1) is 4.92 Å². The Kier molecular flexibility index (Phi) is 4.27. The molecule has 2 aromatic rings. The molecular weight excluding hydrogens is 336 g/mol. The summed E-state index contributed by atoms with van der Waals surface area (Å²) in [4.78, 5) is 14.5. The first-order valence-corrected chi connectivity index (χ1v) is 7.15. The molecule has 1 aromatic carbocycles. The summed E-state index contributed by atoms with van der Waals surface area (Å²) in [6.45, 7) is 6.27.